The minimum Gasteiger partial charge on any atom is -0.457 e. The van der Waals surface area contributed by atoms with Crippen LogP contribution in [0, 0.1) is 0 Å². The molecule has 0 bridgehead atoms. The van der Waals surface area contributed by atoms with Crippen molar-refractivity contribution in [3.8, 4) is 11.5 Å². The van der Waals surface area contributed by atoms with Crippen LogP contribution >= 0.6 is 0 Å². The van der Waals surface area contributed by atoms with Crippen molar-refractivity contribution in [2.24, 2.45) is 5.73 Å². The van der Waals surface area contributed by atoms with E-state index in [1.165, 1.54) is 0 Å². The van der Waals surface area contributed by atoms with E-state index in [0.29, 0.717) is 0 Å². The van der Waals surface area contributed by atoms with Gasteiger partial charge < -0.3 is 15.8 Å². The Morgan fingerprint density at radius 3 is 1.89 bits per heavy atom. The lowest BCUT2D eigenvalue weighted by Crippen LogP contribution is -2.04. The van der Waals surface area contributed by atoms with Gasteiger partial charge in [-0.2, -0.15) is 0 Å². The molecule has 3 N–H and O–H groups in total. The van der Waals surface area contributed by atoms with Crippen LogP contribution in [0.4, 0.5) is 5.69 Å². The zero-order valence-corrected chi connectivity index (χ0v) is 10.7. The van der Waals surface area contributed by atoms with Gasteiger partial charge in [-0.3, -0.25) is 0 Å². The van der Waals surface area contributed by atoms with Gasteiger partial charge in [-0.15, -0.1) is 0 Å². The fourth-order valence-electron chi connectivity index (χ4n) is 1.67. The predicted molar refractivity (Wildman–Crippen MR) is 75.1 cm³/mol. The van der Waals surface area contributed by atoms with E-state index >= 15 is 0 Å². The van der Waals surface area contributed by atoms with E-state index < -0.39 is 0 Å². The summed E-state index contributed by atoms with van der Waals surface area (Å²) in [5.41, 5.74) is 7.97. The number of ether oxygens (including phenoxy) is 1. The van der Waals surface area contributed by atoms with Gasteiger partial charge >= 0.3 is 0 Å². The predicted octanol–water partition coefficient (Wildman–Crippen LogP) is 3.54. The minimum absolute atomic E-state index is 0.0500. The largest absolute Gasteiger partial charge is 0.457 e. The van der Waals surface area contributed by atoms with Gasteiger partial charge in [0.15, 0.2) is 0 Å². The molecule has 3 nitrogen and oxygen atoms in total. The Hall–Kier alpha value is -2.00. The van der Waals surface area contributed by atoms with E-state index in [-0.39, 0.29) is 6.04 Å². The Morgan fingerprint density at radius 2 is 1.44 bits per heavy atom. The van der Waals surface area contributed by atoms with Gasteiger partial charge in [0.2, 0.25) is 0 Å². The van der Waals surface area contributed by atoms with Crippen molar-refractivity contribution >= 4 is 5.69 Å². The monoisotopic (exact) mass is 242 g/mol. The molecule has 0 saturated carbocycles. The molecule has 0 spiro atoms. The van der Waals surface area contributed by atoms with Crippen molar-refractivity contribution in [3.05, 3.63) is 54.1 Å². The maximum absolute atomic E-state index is 5.80. The normalized spacial score (nSPS) is 11.9. The molecule has 2 rings (SSSR count). The zero-order valence-electron chi connectivity index (χ0n) is 10.7. The molecule has 0 fully saturated rings. The minimum atomic E-state index is 0.0500. The van der Waals surface area contributed by atoms with Crippen molar-refractivity contribution < 1.29 is 4.74 Å². The lowest BCUT2D eigenvalue weighted by Gasteiger charge is -2.09. The molecular weight excluding hydrogens is 224 g/mol. The van der Waals surface area contributed by atoms with Crippen LogP contribution < -0.4 is 15.8 Å². The van der Waals surface area contributed by atoms with Crippen LogP contribution in [0.1, 0.15) is 18.5 Å². The molecule has 1 atom stereocenters. The summed E-state index contributed by atoms with van der Waals surface area (Å²) in [5.74, 6) is 1.64. The molecule has 0 aliphatic carbocycles. The topological polar surface area (TPSA) is 47.3 Å². The molecule has 0 radical (unpaired) electrons. The second-order valence-electron chi connectivity index (χ2n) is 4.23. The van der Waals surface area contributed by atoms with Crippen LogP contribution in [0.2, 0.25) is 0 Å². The second kappa shape index (κ2) is 5.56. The molecule has 0 aliphatic heterocycles. The quantitative estimate of drug-likeness (QED) is 0.862. The maximum Gasteiger partial charge on any atom is 0.127 e. The maximum atomic E-state index is 5.80. The van der Waals surface area contributed by atoms with Crippen molar-refractivity contribution in [1.29, 1.82) is 0 Å². The van der Waals surface area contributed by atoms with Crippen LogP contribution in [0.5, 0.6) is 11.5 Å². The third kappa shape index (κ3) is 3.02. The van der Waals surface area contributed by atoms with Crippen molar-refractivity contribution in [2.75, 3.05) is 12.4 Å². The van der Waals surface area contributed by atoms with E-state index in [0.717, 1.165) is 22.7 Å². The number of rotatable bonds is 4. The molecule has 0 saturated heterocycles. The van der Waals surface area contributed by atoms with Gasteiger partial charge in [0.1, 0.15) is 11.5 Å². The lowest BCUT2D eigenvalue weighted by atomic mass is 10.1. The highest BCUT2D eigenvalue weighted by atomic mass is 16.5. The highest BCUT2D eigenvalue weighted by molar-refractivity contribution is 5.46. The average Bonchev–Trinajstić information content (AvgIpc) is 2.40. The molecule has 0 aliphatic rings. The first-order valence-electron chi connectivity index (χ1n) is 6.00. The SMILES string of the molecule is CNc1ccc(Oc2ccc([C@@H](C)N)cc2)cc1. The number of hydrogen-bond acceptors (Lipinski definition) is 3. The van der Waals surface area contributed by atoms with Crippen molar-refractivity contribution in [1.82, 2.24) is 0 Å². The van der Waals surface area contributed by atoms with Gasteiger partial charge in [-0.05, 0) is 48.9 Å². The molecule has 0 aromatic heterocycles. The van der Waals surface area contributed by atoms with Crippen LogP contribution in [0.3, 0.4) is 0 Å². The fourth-order valence-corrected chi connectivity index (χ4v) is 1.67. The highest BCUT2D eigenvalue weighted by Gasteiger charge is 2.01. The molecule has 2 aromatic rings. The molecule has 18 heavy (non-hydrogen) atoms. The van der Waals surface area contributed by atoms with Gasteiger partial charge in [0.05, 0.1) is 0 Å². The summed E-state index contributed by atoms with van der Waals surface area (Å²) in [4.78, 5) is 0. The second-order valence-corrected chi connectivity index (χ2v) is 4.23. The lowest BCUT2D eigenvalue weighted by molar-refractivity contribution is 0.482. The standard InChI is InChI=1S/C15H18N2O/c1-11(16)12-3-7-14(8-4-12)18-15-9-5-13(17-2)6-10-15/h3-11,17H,16H2,1-2H3/t11-/m1/s1. The molecule has 2 aromatic carbocycles. The third-order valence-corrected chi connectivity index (χ3v) is 2.78. The highest BCUT2D eigenvalue weighted by Crippen LogP contribution is 2.24. The number of anilines is 1. The molecule has 94 valence electrons. The van der Waals surface area contributed by atoms with Crippen molar-refractivity contribution in [3.63, 3.8) is 0 Å². The van der Waals surface area contributed by atoms with Gasteiger partial charge in [-0.25, -0.2) is 0 Å². The first-order chi connectivity index (χ1) is 8.69. The van der Waals surface area contributed by atoms with Crippen LogP contribution in [0.15, 0.2) is 48.5 Å². The Bertz CT molecular complexity index is 489. The molecule has 0 unspecified atom stereocenters. The number of nitrogens with two attached hydrogens (primary N) is 1. The van der Waals surface area contributed by atoms with Crippen LogP contribution in [-0.2, 0) is 0 Å². The summed E-state index contributed by atoms with van der Waals surface area (Å²) in [5, 5.41) is 3.07. The Kier molecular flexibility index (Phi) is 3.85. The number of benzene rings is 2. The summed E-state index contributed by atoms with van der Waals surface area (Å²) in [6.45, 7) is 1.96. The van der Waals surface area contributed by atoms with Gasteiger partial charge in [0.25, 0.3) is 0 Å². The Labute approximate surface area is 108 Å². The summed E-state index contributed by atoms with van der Waals surface area (Å²) >= 11 is 0. The van der Waals surface area contributed by atoms with E-state index in [2.05, 4.69) is 5.32 Å². The first-order valence-corrected chi connectivity index (χ1v) is 6.00. The van der Waals surface area contributed by atoms with E-state index in [1.54, 1.807) is 0 Å². The van der Waals surface area contributed by atoms with E-state index in [1.807, 2.05) is 62.5 Å². The van der Waals surface area contributed by atoms with Crippen LogP contribution in [0.25, 0.3) is 0 Å². The molecule has 0 heterocycles. The smallest absolute Gasteiger partial charge is 0.127 e. The van der Waals surface area contributed by atoms with E-state index in [4.69, 9.17) is 10.5 Å². The Morgan fingerprint density at radius 1 is 0.944 bits per heavy atom. The summed E-state index contributed by atoms with van der Waals surface area (Å²) in [6, 6.07) is 15.7. The van der Waals surface area contributed by atoms with Gasteiger partial charge in [-0.1, -0.05) is 12.1 Å². The first kappa shape index (κ1) is 12.5. The summed E-state index contributed by atoms with van der Waals surface area (Å²) in [6.07, 6.45) is 0. The fraction of sp³-hybridized carbons (Fsp3) is 0.200. The van der Waals surface area contributed by atoms with Gasteiger partial charge in [0, 0.05) is 18.8 Å². The molecule has 0 amide bonds. The average molecular weight is 242 g/mol. The molecular formula is C15H18N2O. The van der Waals surface area contributed by atoms with Crippen molar-refractivity contribution in [2.45, 2.75) is 13.0 Å². The van der Waals surface area contributed by atoms with Crippen LogP contribution in [-0.4, -0.2) is 7.05 Å². The zero-order chi connectivity index (χ0) is 13.0. The number of nitrogens with one attached hydrogen (secondary N) is 1. The van der Waals surface area contributed by atoms with E-state index in [9.17, 15) is 0 Å². The number of hydrogen-bond donors (Lipinski definition) is 2. The summed E-state index contributed by atoms with van der Waals surface area (Å²) in [7, 11) is 1.89. The Balaban J connectivity index is 2.08. The molecule has 3 heteroatoms. The summed E-state index contributed by atoms with van der Waals surface area (Å²) < 4.78 is 5.74. The third-order valence-electron chi connectivity index (χ3n) is 2.78.